The lowest BCUT2D eigenvalue weighted by Gasteiger charge is -2.19. The maximum absolute atomic E-state index is 11.5. The number of rotatable bonds is 3. The van der Waals surface area contributed by atoms with E-state index < -0.39 is 11.4 Å². The number of carboxylic acids is 1. The van der Waals surface area contributed by atoms with Crippen LogP contribution in [0.3, 0.4) is 0 Å². The third-order valence-corrected chi connectivity index (χ3v) is 4.31. The molecule has 0 bridgehead atoms. The fourth-order valence-corrected chi connectivity index (χ4v) is 2.88. The van der Waals surface area contributed by atoms with Gasteiger partial charge in [-0.2, -0.15) is 5.26 Å². The Morgan fingerprint density at radius 2 is 1.89 bits per heavy atom. The Morgan fingerprint density at radius 3 is 2.44 bits per heavy atom. The normalized spacial score (nSPS) is 12.2. The van der Waals surface area contributed by atoms with E-state index in [1.165, 1.54) is 0 Å². The second-order valence-electron chi connectivity index (χ2n) is 7.51. The molecule has 136 valence electrons. The quantitative estimate of drug-likeness (QED) is 0.650. The molecule has 27 heavy (non-hydrogen) atoms. The molecule has 0 atom stereocenters. The number of oxazole rings is 1. The van der Waals surface area contributed by atoms with Crippen LogP contribution in [0.25, 0.3) is 28.6 Å². The highest BCUT2D eigenvalue weighted by molar-refractivity contribution is 5.93. The molecule has 0 saturated carbocycles. The van der Waals surface area contributed by atoms with E-state index in [1.54, 1.807) is 18.2 Å². The topological polar surface area (TPSA) is 87.1 Å². The van der Waals surface area contributed by atoms with E-state index in [9.17, 15) is 9.90 Å². The summed E-state index contributed by atoms with van der Waals surface area (Å²) in [4.78, 5) is 16.0. The summed E-state index contributed by atoms with van der Waals surface area (Å²) in [7, 11) is 0. The zero-order valence-electron chi connectivity index (χ0n) is 15.7. The van der Waals surface area contributed by atoms with E-state index in [2.05, 4.69) is 11.1 Å². The third kappa shape index (κ3) is 3.75. The molecule has 0 unspecified atom stereocenters. The first-order chi connectivity index (χ1) is 12.7. The van der Waals surface area contributed by atoms with E-state index in [1.807, 2.05) is 52.0 Å². The first-order valence-corrected chi connectivity index (χ1v) is 8.56. The fraction of sp³-hybridized carbons (Fsp3) is 0.227. The molecule has 0 radical (unpaired) electrons. The van der Waals surface area contributed by atoms with Crippen molar-refractivity contribution in [2.24, 2.45) is 5.41 Å². The molecule has 0 aliphatic rings. The smallest absolute Gasteiger partial charge is 0.332 e. The van der Waals surface area contributed by atoms with E-state index in [-0.39, 0.29) is 0 Å². The van der Waals surface area contributed by atoms with Gasteiger partial charge in [-0.15, -0.1) is 0 Å². The van der Waals surface area contributed by atoms with E-state index >= 15 is 0 Å². The minimum atomic E-state index is -0.922. The van der Waals surface area contributed by atoms with Gasteiger partial charge >= 0.3 is 5.97 Å². The van der Waals surface area contributed by atoms with Crippen molar-refractivity contribution in [1.82, 2.24) is 4.98 Å². The molecule has 0 aliphatic carbocycles. The van der Waals surface area contributed by atoms with Gasteiger partial charge in [-0.1, -0.05) is 32.9 Å². The van der Waals surface area contributed by atoms with Crippen molar-refractivity contribution in [2.45, 2.75) is 27.7 Å². The summed E-state index contributed by atoms with van der Waals surface area (Å²) in [6, 6.07) is 13.0. The first kappa shape index (κ1) is 18.4. The Kier molecular flexibility index (Phi) is 4.59. The Bertz CT molecular complexity index is 1090. The van der Waals surface area contributed by atoms with Crippen LogP contribution in [-0.2, 0) is 4.79 Å². The van der Waals surface area contributed by atoms with Crippen molar-refractivity contribution in [2.75, 3.05) is 0 Å². The SMILES string of the molecule is Cc1cc(C#N)cc2nc(-c3ccc(C=C(C(=O)O)C(C)(C)C)cc3)oc12. The lowest BCUT2D eigenvalue weighted by atomic mass is 9.85. The summed E-state index contributed by atoms with van der Waals surface area (Å²) >= 11 is 0. The first-order valence-electron chi connectivity index (χ1n) is 8.56. The lowest BCUT2D eigenvalue weighted by Crippen LogP contribution is -2.17. The summed E-state index contributed by atoms with van der Waals surface area (Å²) in [5.41, 5.74) is 4.18. The predicted molar refractivity (Wildman–Crippen MR) is 104 cm³/mol. The van der Waals surface area contributed by atoms with Gasteiger partial charge in [0.25, 0.3) is 0 Å². The number of carboxylic acid groups (broad SMARTS) is 1. The van der Waals surface area contributed by atoms with Crippen molar-refractivity contribution < 1.29 is 14.3 Å². The molecule has 3 aromatic rings. The standard InChI is InChI=1S/C22H20N2O3/c1-13-9-15(12-23)11-18-19(13)27-20(24-18)16-7-5-14(6-8-16)10-17(21(25)26)22(2,3)4/h5-11H,1-4H3,(H,25,26). The van der Waals surface area contributed by atoms with Gasteiger partial charge in [-0.25, -0.2) is 9.78 Å². The van der Waals surface area contributed by atoms with Crippen LogP contribution < -0.4 is 0 Å². The van der Waals surface area contributed by atoms with Crippen molar-refractivity contribution in [3.63, 3.8) is 0 Å². The van der Waals surface area contributed by atoms with Gasteiger partial charge < -0.3 is 9.52 Å². The number of nitrogens with zero attached hydrogens (tertiary/aromatic N) is 2. The molecule has 0 amide bonds. The molecule has 0 aliphatic heterocycles. The van der Waals surface area contributed by atoms with Gasteiger partial charge in [0, 0.05) is 11.1 Å². The summed E-state index contributed by atoms with van der Waals surface area (Å²) in [6.07, 6.45) is 1.68. The Labute approximate surface area is 157 Å². The van der Waals surface area contributed by atoms with Gasteiger partial charge in [0.05, 0.1) is 11.6 Å². The zero-order chi connectivity index (χ0) is 19.8. The van der Waals surface area contributed by atoms with Crippen LogP contribution in [0.4, 0.5) is 0 Å². The highest BCUT2D eigenvalue weighted by Gasteiger charge is 2.23. The van der Waals surface area contributed by atoms with Crippen LogP contribution in [0.1, 0.15) is 37.5 Å². The van der Waals surface area contributed by atoms with Gasteiger partial charge in [0.1, 0.15) is 5.52 Å². The minimum Gasteiger partial charge on any atom is -0.478 e. The van der Waals surface area contributed by atoms with Crippen LogP contribution in [0, 0.1) is 23.7 Å². The van der Waals surface area contributed by atoms with E-state index in [0.717, 1.165) is 16.7 Å². The van der Waals surface area contributed by atoms with E-state index in [4.69, 9.17) is 9.68 Å². The second-order valence-corrected chi connectivity index (χ2v) is 7.51. The molecule has 0 spiro atoms. The molecule has 0 saturated heterocycles. The van der Waals surface area contributed by atoms with Crippen molar-refractivity contribution in [3.05, 3.63) is 58.7 Å². The maximum atomic E-state index is 11.5. The highest BCUT2D eigenvalue weighted by atomic mass is 16.4. The average Bonchev–Trinajstić information content (AvgIpc) is 3.03. The van der Waals surface area contributed by atoms with Crippen LogP contribution in [0.2, 0.25) is 0 Å². The summed E-state index contributed by atoms with van der Waals surface area (Å²) in [5.74, 6) is -0.456. The monoisotopic (exact) mass is 360 g/mol. The number of benzene rings is 2. The average molecular weight is 360 g/mol. The third-order valence-electron chi connectivity index (χ3n) is 4.31. The molecule has 1 heterocycles. The predicted octanol–water partition coefficient (Wildman–Crippen LogP) is 5.19. The Balaban J connectivity index is 1.99. The van der Waals surface area contributed by atoms with Crippen molar-refractivity contribution >= 4 is 23.1 Å². The van der Waals surface area contributed by atoms with Gasteiger partial charge in [0.15, 0.2) is 5.58 Å². The van der Waals surface area contributed by atoms with Crippen LogP contribution >= 0.6 is 0 Å². The van der Waals surface area contributed by atoms with Gasteiger partial charge in [-0.3, -0.25) is 0 Å². The number of hydrogen-bond donors (Lipinski definition) is 1. The molecule has 2 aromatic carbocycles. The van der Waals surface area contributed by atoms with E-state index in [0.29, 0.717) is 28.1 Å². The molecule has 3 rings (SSSR count). The van der Waals surface area contributed by atoms with Crippen molar-refractivity contribution in [1.29, 1.82) is 5.26 Å². The molecule has 1 N–H and O–H groups in total. The maximum Gasteiger partial charge on any atom is 0.332 e. The number of aryl methyl sites for hydroxylation is 1. The summed E-state index contributed by atoms with van der Waals surface area (Å²) in [6.45, 7) is 7.50. The number of fused-ring (bicyclic) bond motifs is 1. The van der Waals surface area contributed by atoms with Crippen molar-refractivity contribution in [3.8, 4) is 17.5 Å². The minimum absolute atomic E-state index is 0.344. The number of aromatic nitrogens is 1. The Hall–Kier alpha value is -3.39. The molecule has 0 fully saturated rings. The number of aliphatic carboxylic acids is 1. The molecule has 1 aromatic heterocycles. The zero-order valence-corrected chi connectivity index (χ0v) is 15.7. The molecule has 5 heteroatoms. The van der Waals surface area contributed by atoms with Crippen LogP contribution in [0.5, 0.6) is 0 Å². The number of hydrogen-bond acceptors (Lipinski definition) is 4. The largest absolute Gasteiger partial charge is 0.478 e. The van der Waals surface area contributed by atoms with Crippen LogP contribution in [-0.4, -0.2) is 16.1 Å². The highest BCUT2D eigenvalue weighted by Crippen LogP contribution is 2.30. The molecular weight excluding hydrogens is 340 g/mol. The van der Waals surface area contributed by atoms with Gasteiger partial charge in [-0.05, 0) is 53.8 Å². The van der Waals surface area contributed by atoms with Gasteiger partial charge in [0.2, 0.25) is 5.89 Å². The second kappa shape index (κ2) is 6.73. The molecular formula is C22H20N2O3. The summed E-state index contributed by atoms with van der Waals surface area (Å²) in [5, 5.41) is 18.5. The fourth-order valence-electron chi connectivity index (χ4n) is 2.88. The van der Waals surface area contributed by atoms with Crippen LogP contribution in [0.15, 0.2) is 46.4 Å². The number of carbonyl (C=O) groups is 1. The number of nitriles is 1. The molecule has 5 nitrogen and oxygen atoms in total. The lowest BCUT2D eigenvalue weighted by molar-refractivity contribution is -0.133. The Morgan fingerprint density at radius 1 is 1.22 bits per heavy atom. The summed E-state index contributed by atoms with van der Waals surface area (Å²) < 4.78 is 5.87.